The Bertz CT molecular complexity index is 1000. The van der Waals surface area contributed by atoms with Gasteiger partial charge in [-0.25, -0.2) is 9.97 Å². The Labute approximate surface area is 166 Å². The zero-order valence-electron chi connectivity index (χ0n) is 15.3. The monoisotopic (exact) mass is 397 g/mol. The second kappa shape index (κ2) is 7.91. The number of nitro benzene ring substituents is 1. The van der Waals surface area contributed by atoms with Crippen molar-refractivity contribution in [1.29, 1.82) is 0 Å². The molecule has 0 aliphatic carbocycles. The largest absolute Gasteiger partial charge is 0.378 e. The highest BCUT2D eigenvalue weighted by Crippen LogP contribution is 2.30. The van der Waals surface area contributed by atoms with Crippen molar-refractivity contribution in [1.82, 2.24) is 9.97 Å². The molecule has 1 aliphatic rings. The van der Waals surface area contributed by atoms with Crippen molar-refractivity contribution in [3.05, 3.63) is 57.6 Å². The maximum atomic E-state index is 11.2. The van der Waals surface area contributed by atoms with Crippen molar-refractivity contribution in [2.75, 3.05) is 36.5 Å². The van der Waals surface area contributed by atoms with Gasteiger partial charge in [0.1, 0.15) is 5.82 Å². The van der Waals surface area contributed by atoms with Gasteiger partial charge >= 0.3 is 0 Å². The van der Waals surface area contributed by atoms with Gasteiger partial charge < -0.3 is 15.0 Å². The van der Waals surface area contributed by atoms with Gasteiger partial charge in [0, 0.05) is 53.6 Å². The molecular weight excluding hydrogens is 378 g/mol. The summed E-state index contributed by atoms with van der Waals surface area (Å²) in [6, 6.07) is 10.5. The van der Waals surface area contributed by atoms with E-state index < -0.39 is 4.92 Å². The van der Waals surface area contributed by atoms with E-state index in [1.165, 1.54) is 6.07 Å². The number of aromatic nitrogens is 2. The molecule has 4 rings (SSSR count). The fraction of sp³-hybridized carbons (Fsp3) is 0.263. The first-order valence-corrected chi connectivity index (χ1v) is 9.69. The third kappa shape index (κ3) is 4.10. The first-order chi connectivity index (χ1) is 13.6. The number of nitrogens with zero attached hydrogens (tertiary/aromatic N) is 4. The zero-order chi connectivity index (χ0) is 19.5. The molecular formula is C19H19N5O3S. The summed E-state index contributed by atoms with van der Waals surface area (Å²) >= 11 is 1.55. The minimum absolute atomic E-state index is 0.0427. The van der Waals surface area contributed by atoms with E-state index in [9.17, 15) is 10.1 Å². The molecule has 3 aromatic rings. The number of thiazole rings is 1. The predicted molar refractivity (Wildman–Crippen MR) is 109 cm³/mol. The first-order valence-electron chi connectivity index (χ1n) is 8.87. The van der Waals surface area contributed by atoms with E-state index in [2.05, 4.69) is 20.2 Å². The number of hydrogen-bond acceptors (Lipinski definition) is 8. The average molecular weight is 397 g/mol. The van der Waals surface area contributed by atoms with E-state index in [-0.39, 0.29) is 5.69 Å². The summed E-state index contributed by atoms with van der Waals surface area (Å²) in [5.74, 6) is 0.653. The third-order valence-corrected chi connectivity index (χ3v) is 5.22. The van der Waals surface area contributed by atoms with E-state index >= 15 is 0 Å². The van der Waals surface area contributed by atoms with Crippen LogP contribution in [0, 0.1) is 17.0 Å². The maximum absolute atomic E-state index is 11.2. The van der Waals surface area contributed by atoms with Crippen LogP contribution in [0.3, 0.4) is 0 Å². The van der Waals surface area contributed by atoms with Crippen LogP contribution in [0.15, 0.2) is 42.6 Å². The summed E-state index contributed by atoms with van der Waals surface area (Å²) in [4.78, 5) is 23.1. The number of aryl methyl sites for hydroxylation is 1. The fourth-order valence-corrected chi connectivity index (χ4v) is 3.70. The Morgan fingerprint density at radius 1 is 1.25 bits per heavy atom. The molecule has 0 atom stereocenters. The Morgan fingerprint density at radius 2 is 2.07 bits per heavy atom. The summed E-state index contributed by atoms with van der Waals surface area (Å²) < 4.78 is 5.45. The molecule has 1 N–H and O–H groups in total. The number of ether oxygens (including phenoxy) is 1. The van der Waals surface area contributed by atoms with Crippen molar-refractivity contribution in [3.63, 3.8) is 0 Å². The summed E-state index contributed by atoms with van der Waals surface area (Å²) in [7, 11) is 0. The second-order valence-corrected chi connectivity index (χ2v) is 7.64. The molecule has 144 valence electrons. The molecule has 1 aromatic carbocycles. The standard InChI is InChI=1S/C19H19N5O3S/c1-13-12-20-19(28-13)22-18-11-16(23-5-7-27-8-6-23)10-17(21-18)14-3-2-4-15(9-14)24(25)26/h2-4,9-12H,5-8H2,1H3,(H,20,21,22). The fourth-order valence-electron chi connectivity index (χ4n) is 3.03. The highest BCUT2D eigenvalue weighted by Gasteiger charge is 2.16. The Morgan fingerprint density at radius 3 is 2.79 bits per heavy atom. The highest BCUT2D eigenvalue weighted by atomic mass is 32.1. The number of rotatable bonds is 5. The third-order valence-electron chi connectivity index (χ3n) is 4.40. The van der Waals surface area contributed by atoms with Crippen molar-refractivity contribution >= 4 is 33.7 Å². The lowest BCUT2D eigenvalue weighted by Crippen LogP contribution is -2.36. The Balaban J connectivity index is 1.74. The van der Waals surface area contributed by atoms with Crippen LogP contribution in [-0.2, 0) is 4.74 Å². The van der Waals surface area contributed by atoms with Gasteiger partial charge in [-0.3, -0.25) is 10.1 Å². The minimum atomic E-state index is -0.396. The van der Waals surface area contributed by atoms with Crippen molar-refractivity contribution in [3.8, 4) is 11.3 Å². The number of pyridine rings is 1. The quantitative estimate of drug-likeness (QED) is 0.514. The number of hydrogen-bond donors (Lipinski definition) is 1. The number of nitro groups is 1. The van der Waals surface area contributed by atoms with Crippen LogP contribution in [0.1, 0.15) is 4.88 Å². The highest BCUT2D eigenvalue weighted by molar-refractivity contribution is 7.15. The number of nitrogens with one attached hydrogen (secondary N) is 1. The van der Waals surface area contributed by atoms with Crippen molar-refractivity contribution in [2.45, 2.75) is 6.92 Å². The molecule has 0 saturated carbocycles. The first kappa shape index (κ1) is 18.3. The summed E-state index contributed by atoms with van der Waals surface area (Å²) in [5.41, 5.74) is 2.41. The van der Waals surface area contributed by atoms with Crippen LogP contribution in [-0.4, -0.2) is 41.2 Å². The lowest BCUT2D eigenvalue weighted by molar-refractivity contribution is -0.384. The summed E-state index contributed by atoms with van der Waals surface area (Å²) in [6.07, 6.45) is 1.81. The lowest BCUT2D eigenvalue weighted by Gasteiger charge is -2.29. The molecule has 28 heavy (non-hydrogen) atoms. The van der Waals surface area contributed by atoms with Crippen molar-refractivity contribution < 1.29 is 9.66 Å². The predicted octanol–water partition coefficient (Wildman–Crippen LogP) is 4.00. The molecule has 1 aliphatic heterocycles. The smallest absolute Gasteiger partial charge is 0.270 e. The summed E-state index contributed by atoms with van der Waals surface area (Å²) in [6.45, 7) is 4.91. The van der Waals surface area contributed by atoms with Crippen LogP contribution in [0.5, 0.6) is 0 Å². The number of non-ortho nitro benzene ring substituents is 1. The van der Waals surface area contributed by atoms with E-state index in [1.54, 1.807) is 29.7 Å². The summed E-state index contributed by atoms with van der Waals surface area (Å²) in [5, 5.41) is 15.2. The van der Waals surface area contributed by atoms with Crippen LogP contribution < -0.4 is 10.2 Å². The molecule has 0 unspecified atom stereocenters. The molecule has 8 nitrogen and oxygen atoms in total. The van der Waals surface area contributed by atoms with Gasteiger partial charge in [0.05, 0.1) is 23.8 Å². The van der Waals surface area contributed by atoms with Gasteiger partial charge in [-0.1, -0.05) is 12.1 Å². The van der Waals surface area contributed by atoms with Gasteiger partial charge in [0.15, 0.2) is 5.13 Å². The zero-order valence-corrected chi connectivity index (χ0v) is 16.1. The van der Waals surface area contributed by atoms with Gasteiger partial charge in [-0.15, -0.1) is 11.3 Å². The average Bonchev–Trinajstić information content (AvgIpc) is 3.13. The van der Waals surface area contributed by atoms with Crippen LogP contribution in [0.2, 0.25) is 0 Å². The normalized spacial score (nSPS) is 14.1. The van der Waals surface area contributed by atoms with Crippen LogP contribution in [0.25, 0.3) is 11.3 Å². The van der Waals surface area contributed by atoms with Crippen LogP contribution in [0.4, 0.5) is 22.3 Å². The number of anilines is 3. The second-order valence-electron chi connectivity index (χ2n) is 6.40. The van der Waals surface area contributed by atoms with Crippen molar-refractivity contribution in [2.24, 2.45) is 0 Å². The maximum Gasteiger partial charge on any atom is 0.270 e. The lowest BCUT2D eigenvalue weighted by atomic mass is 10.1. The SMILES string of the molecule is Cc1cnc(Nc2cc(N3CCOCC3)cc(-c3cccc([N+](=O)[O-])c3)n2)s1. The van der Waals surface area contributed by atoms with Gasteiger partial charge in [-0.2, -0.15) is 0 Å². The molecule has 0 amide bonds. The van der Waals surface area contributed by atoms with E-state index in [4.69, 9.17) is 4.74 Å². The van der Waals surface area contributed by atoms with Gasteiger partial charge in [-0.05, 0) is 13.0 Å². The van der Waals surface area contributed by atoms with Gasteiger partial charge in [0.2, 0.25) is 0 Å². The Hall–Kier alpha value is -3.04. The minimum Gasteiger partial charge on any atom is -0.378 e. The number of morpholine rings is 1. The van der Waals surface area contributed by atoms with E-state index in [1.807, 2.05) is 25.1 Å². The molecule has 0 spiro atoms. The van der Waals surface area contributed by atoms with Crippen LogP contribution >= 0.6 is 11.3 Å². The Kier molecular flexibility index (Phi) is 5.18. The molecule has 1 fully saturated rings. The molecule has 0 radical (unpaired) electrons. The molecule has 2 aromatic heterocycles. The van der Waals surface area contributed by atoms with Gasteiger partial charge in [0.25, 0.3) is 5.69 Å². The molecule has 1 saturated heterocycles. The van der Waals surface area contributed by atoms with E-state index in [0.717, 1.165) is 28.8 Å². The molecule has 3 heterocycles. The topological polar surface area (TPSA) is 93.4 Å². The molecule has 0 bridgehead atoms. The number of benzene rings is 1. The van der Waals surface area contributed by atoms with E-state index in [0.29, 0.717) is 30.3 Å². The molecule has 9 heteroatoms.